The Bertz CT molecular complexity index is 326. The molecular formula is C7H5N3. The number of hydrogen-bond donors (Lipinski definition) is 0. The van der Waals surface area contributed by atoms with Crippen LogP contribution in [0.1, 0.15) is 5.69 Å². The first-order chi connectivity index (χ1) is 4.97. The Balaban J connectivity index is 2.68. The van der Waals surface area contributed by atoms with Crippen LogP contribution in [0.15, 0.2) is 23.7 Å². The summed E-state index contributed by atoms with van der Waals surface area (Å²) in [7, 11) is 0. The van der Waals surface area contributed by atoms with Gasteiger partial charge >= 0.3 is 0 Å². The molecule has 3 heteroatoms. The van der Waals surface area contributed by atoms with Gasteiger partial charge in [-0.2, -0.15) is 0 Å². The predicted octanol–water partition coefficient (Wildman–Crippen LogP) is 1.01. The van der Waals surface area contributed by atoms with Crippen LogP contribution in [-0.4, -0.2) is 15.4 Å². The number of fused-ring (bicyclic) bond motifs is 1. The normalized spacial score (nSPS) is 13.2. The van der Waals surface area contributed by atoms with Crippen LogP contribution in [0.2, 0.25) is 0 Å². The van der Waals surface area contributed by atoms with Gasteiger partial charge in [0.05, 0.1) is 24.4 Å². The summed E-state index contributed by atoms with van der Waals surface area (Å²) in [6.07, 6.45) is 8.80. The van der Waals surface area contributed by atoms with E-state index in [9.17, 15) is 0 Å². The summed E-state index contributed by atoms with van der Waals surface area (Å²) in [4.78, 5) is 7.77. The Hall–Kier alpha value is -1.60. The molecule has 1 aromatic rings. The molecule has 0 unspecified atom stereocenters. The van der Waals surface area contributed by atoms with Crippen molar-refractivity contribution in [1.82, 2.24) is 9.55 Å². The van der Waals surface area contributed by atoms with Crippen LogP contribution in [0, 0.1) is 0 Å². The van der Waals surface area contributed by atoms with Crippen molar-refractivity contribution in [3.63, 3.8) is 0 Å². The Morgan fingerprint density at radius 3 is 3.50 bits per heavy atom. The van der Waals surface area contributed by atoms with Gasteiger partial charge in [-0.3, -0.25) is 4.57 Å². The number of hydrogen-bond acceptors (Lipinski definition) is 2. The van der Waals surface area contributed by atoms with E-state index in [0.29, 0.717) is 0 Å². The van der Waals surface area contributed by atoms with Crippen LogP contribution in [-0.2, 0) is 0 Å². The van der Waals surface area contributed by atoms with Crippen LogP contribution < -0.4 is 0 Å². The molecule has 0 amide bonds. The first kappa shape index (κ1) is 5.21. The van der Waals surface area contributed by atoms with E-state index in [1.54, 1.807) is 24.9 Å². The first-order valence-electron chi connectivity index (χ1n) is 2.94. The second kappa shape index (κ2) is 1.97. The molecule has 0 saturated heterocycles. The maximum Gasteiger partial charge on any atom is 0.0997 e. The lowest BCUT2D eigenvalue weighted by molar-refractivity contribution is 1.13. The lowest BCUT2D eigenvalue weighted by Gasteiger charge is -1.89. The molecule has 0 spiro atoms. The van der Waals surface area contributed by atoms with Gasteiger partial charge in [0.15, 0.2) is 0 Å². The quantitative estimate of drug-likeness (QED) is 0.516. The lowest BCUT2D eigenvalue weighted by Crippen LogP contribution is -1.84. The van der Waals surface area contributed by atoms with Gasteiger partial charge in [-0.15, -0.1) is 0 Å². The Kier molecular flexibility index (Phi) is 1.03. The summed E-state index contributed by atoms with van der Waals surface area (Å²) < 4.78 is 1.85. The molecule has 0 aromatic carbocycles. The fraction of sp³-hybridized carbons (Fsp3) is 0. The molecule has 0 radical (unpaired) electrons. The molecule has 3 nitrogen and oxygen atoms in total. The van der Waals surface area contributed by atoms with Crippen molar-refractivity contribution in [2.75, 3.05) is 0 Å². The maximum atomic E-state index is 3.94. The van der Waals surface area contributed by atoms with Gasteiger partial charge in [-0.05, 0) is 6.08 Å². The third-order valence-electron chi connectivity index (χ3n) is 1.29. The van der Waals surface area contributed by atoms with Crippen molar-refractivity contribution in [1.29, 1.82) is 0 Å². The second-order valence-corrected chi connectivity index (χ2v) is 1.93. The van der Waals surface area contributed by atoms with E-state index in [-0.39, 0.29) is 0 Å². The molecule has 0 fully saturated rings. The third-order valence-corrected chi connectivity index (χ3v) is 1.29. The first-order valence-corrected chi connectivity index (χ1v) is 2.94. The largest absolute Gasteiger partial charge is 0.297 e. The van der Waals surface area contributed by atoms with E-state index in [0.717, 1.165) is 5.69 Å². The van der Waals surface area contributed by atoms with Gasteiger partial charge < -0.3 is 0 Å². The van der Waals surface area contributed by atoms with Crippen LogP contribution >= 0.6 is 0 Å². The number of nitrogens with zero attached hydrogens (tertiary/aromatic N) is 3. The molecule has 0 atom stereocenters. The standard InChI is InChI=1S/C7H5N3/c1-2-8-3-4-10-6-9-5-7(1)10/h1-2,4-6H. The van der Waals surface area contributed by atoms with E-state index in [4.69, 9.17) is 0 Å². The molecule has 0 N–H and O–H groups in total. The van der Waals surface area contributed by atoms with Gasteiger partial charge in [0.2, 0.25) is 0 Å². The highest BCUT2D eigenvalue weighted by Crippen LogP contribution is 2.02. The minimum absolute atomic E-state index is 1.02. The van der Waals surface area contributed by atoms with Crippen molar-refractivity contribution >= 4 is 18.1 Å². The summed E-state index contributed by atoms with van der Waals surface area (Å²) >= 11 is 0. The summed E-state index contributed by atoms with van der Waals surface area (Å²) in [6, 6.07) is 0. The predicted molar refractivity (Wildman–Crippen MR) is 39.5 cm³/mol. The molecule has 0 aliphatic carbocycles. The summed E-state index contributed by atoms with van der Waals surface area (Å²) in [5.41, 5.74) is 1.02. The minimum Gasteiger partial charge on any atom is -0.297 e. The lowest BCUT2D eigenvalue weighted by atomic mass is 10.4. The van der Waals surface area contributed by atoms with Crippen LogP contribution in [0.25, 0.3) is 12.3 Å². The number of imidazole rings is 1. The topological polar surface area (TPSA) is 30.2 Å². The zero-order valence-corrected chi connectivity index (χ0v) is 5.23. The molecule has 2 heterocycles. The zero-order chi connectivity index (χ0) is 6.81. The average Bonchev–Trinajstić information content (AvgIpc) is 2.28. The Morgan fingerprint density at radius 2 is 2.50 bits per heavy atom. The van der Waals surface area contributed by atoms with Gasteiger partial charge in [0, 0.05) is 12.1 Å². The highest BCUT2D eigenvalue weighted by molar-refractivity contribution is 5.72. The van der Waals surface area contributed by atoms with Gasteiger partial charge in [0.1, 0.15) is 0 Å². The SMILES string of the molecule is C1=Cn2cncc2C=CN=1. The van der Waals surface area contributed by atoms with Crippen LogP contribution in [0.3, 0.4) is 0 Å². The van der Waals surface area contributed by atoms with Crippen molar-refractivity contribution in [3.05, 3.63) is 24.4 Å². The number of aliphatic imine (C=N–C) groups is 1. The Morgan fingerprint density at radius 1 is 1.50 bits per heavy atom. The Labute approximate surface area is 58.0 Å². The molecule has 10 heavy (non-hydrogen) atoms. The van der Waals surface area contributed by atoms with E-state index in [1.807, 2.05) is 10.6 Å². The van der Waals surface area contributed by atoms with Crippen molar-refractivity contribution in [2.24, 2.45) is 4.99 Å². The highest BCUT2D eigenvalue weighted by Gasteiger charge is 1.93. The minimum atomic E-state index is 1.02. The molecule has 1 aromatic heterocycles. The smallest absolute Gasteiger partial charge is 0.0997 e. The number of aromatic nitrogens is 2. The second-order valence-electron chi connectivity index (χ2n) is 1.93. The molecule has 48 valence electrons. The molecule has 1 aliphatic heterocycles. The van der Waals surface area contributed by atoms with Crippen molar-refractivity contribution < 1.29 is 0 Å². The molecular weight excluding hydrogens is 126 g/mol. The van der Waals surface area contributed by atoms with E-state index < -0.39 is 0 Å². The summed E-state index contributed by atoms with van der Waals surface area (Å²) in [5, 5.41) is 0. The van der Waals surface area contributed by atoms with Crippen molar-refractivity contribution in [3.8, 4) is 0 Å². The van der Waals surface area contributed by atoms with Crippen molar-refractivity contribution in [2.45, 2.75) is 0 Å². The van der Waals surface area contributed by atoms with E-state index in [1.165, 1.54) is 0 Å². The van der Waals surface area contributed by atoms with Crippen LogP contribution in [0.4, 0.5) is 0 Å². The average molecular weight is 131 g/mol. The zero-order valence-electron chi connectivity index (χ0n) is 5.23. The molecule has 1 aliphatic rings. The number of rotatable bonds is 0. The third kappa shape index (κ3) is 0.694. The van der Waals surface area contributed by atoms with Gasteiger partial charge in [-0.1, -0.05) is 0 Å². The van der Waals surface area contributed by atoms with E-state index in [2.05, 4.69) is 15.8 Å². The van der Waals surface area contributed by atoms with Crippen LogP contribution in [0.5, 0.6) is 0 Å². The van der Waals surface area contributed by atoms with Gasteiger partial charge in [0.25, 0.3) is 0 Å². The van der Waals surface area contributed by atoms with Gasteiger partial charge in [-0.25, -0.2) is 9.98 Å². The fourth-order valence-electron chi connectivity index (χ4n) is 0.804. The van der Waals surface area contributed by atoms with E-state index >= 15 is 0 Å². The highest BCUT2D eigenvalue weighted by atomic mass is 15.0. The fourth-order valence-corrected chi connectivity index (χ4v) is 0.804. The molecule has 0 saturated carbocycles. The summed E-state index contributed by atoms with van der Waals surface area (Å²) in [5.74, 6) is 2.73. The molecule has 0 bridgehead atoms. The monoisotopic (exact) mass is 131 g/mol. The molecule has 2 rings (SSSR count). The maximum absolute atomic E-state index is 3.94. The summed E-state index contributed by atoms with van der Waals surface area (Å²) in [6.45, 7) is 0.